The standard InChI is InChI=1S/C52H82O6/c1-4-7-10-13-16-19-22-24-25-26-27-29-30-33-36-39-42-45-51(54)57-48-49(47-56-50(53)44-41-38-35-32-21-18-15-12-9-6-3)58-52(55)46-43-40-37-34-31-28-23-20-17-14-11-8-5-2/h7-8,10-11,16-17,19-20,24-25,27-29,31,33,36-37,40,49H,4-6,9,12-15,18,21-23,26,30,32,34-35,38-39,41-48H2,1-3H3/b10-7-,11-8-,19-16-,20-17-,25-24-,29-27-,31-28-,36-33-,40-37-. The van der Waals surface area contributed by atoms with Crippen LogP contribution in [0, 0.1) is 0 Å². The average molecular weight is 803 g/mol. The largest absolute Gasteiger partial charge is 0.462 e. The van der Waals surface area contributed by atoms with Gasteiger partial charge in [-0.05, 0) is 83.5 Å². The Labute approximate surface area is 355 Å². The minimum atomic E-state index is -0.837. The molecule has 6 nitrogen and oxygen atoms in total. The van der Waals surface area contributed by atoms with Gasteiger partial charge < -0.3 is 14.2 Å². The molecule has 0 aliphatic carbocycles. The lowest BCUT2D eigenvalue weighted by Crippen LogP contribution is -2.30. The quantitative estimate of drug-likeness (QED) is 0.0267. The summed E-state index contributed by atoms with van der Waals surface area (Å²) in [5.41, 5.74) is 0. The van der Waals surface area contributed by atoms with E-state index in [1.165, 1.54) is 44.9 Å². The molecule has 0 saturated carbocycles. The molecule has 0 fully saturated rings. The van der Waals surface area contributed by atoms with Gasteiger partial charge in [-0.2, -0.15) is 0 Å². The Morgan fingerprint density at radius 2 is 0.707 bits per heavy atom. The fourth-order valence-corrected chi connectivity index (χ4v) is 5.67. The van der Waals surface area contributed by atoms with Crippen molar-refractivity contribution in [1.29, 1.82) is 0 Å². The second-order valence-corrected chi connectivity index (χ2v) is 14.5. The van der Waals surface area contributed by atoms with Crippen molar-refractivity contribution in [2.24, 2.45) is 0 Å². The lowest BCUT2D eigenvalue weighted by Gasteiger charge is -2.18. The van der Waals surface area contributed by atoms with Crippen molar-refractivity contribution in [3.8, 4) is 0 Å². The zero-order valence-corrected chi connectivity index (χ0v) is 37.0. The van der Waals surface area contributed by atoms with Crippen LogP contribution in [-0.4, -0.2) is 37.2 Å². The van der Waals surface area contributed by atoms with E-state index in [0.717, 1.165) is 83.5 Å². The van der Waals surface area contributed by atoms with Gasteiger partial charge in [0.15, 0.2) is 6.10 Å². The van der Waals surface area contributed by atoms with Gasteiger partial charge in [-0.1, -0.05) is 188 Å². The molecule has 0 aliphatic heterocycles. The molecule has 6 heteroatoms. The topological polar surface area (TPSA) is 78.9 Å². The summed E-state index contributed by atoms with van der Waals surface area (Å²) in [5, 5.41) is 0. The molecule has 0 heterocycles. The summed E-state index contributed by atoms with van der Waals surface area (Å²) in [5.74, 6) is -1.08. The van der Waals surface area contributed by atoms with Crippen molar-refractivity contribution in [2.45, 2.75) is 187 Å². The second-order valence-electron chi connectivity index (χ2n) is 14.5. The zero-order chi connectivity index (χ0) is 42.3. The van der Waals surface area contributed by atoms with Crippen LogP contribution in [-0.2, 0) is 28.6 Å². The molecule has 0 aliphatic rings. The first-order valence-electron chi connectivity index (χ1n) is 22.9. The molecule has 0 N–H and O–H groups in total. The molecule has 0 aromatic rings. The third-order valence-electron chi connectivity index (χ3n) is 9.04. The van der Waals surface area contributed by atoms with E-state index in [1.54, 1.807) is 0 Å². The Morgan fingerprint density at radius 3 is 1.12 bits per heavy atom. The summed E-state index contributed by atoms with van der Waals surface area (Å²) in [6.07, 6.45) is 60.9. The summed E-state index contributed by atoms with van der Waals surface area (Å²) in [6.45, 7) is 6.25. The number of hydrogen-bond donors (Lipinski definition) is 0. The van der Waals surface area contributed by atoms with Crippen LogP contribution in [0.1, 0.15) is 181 Å². The minimum absolute atomic E-state index is 0.125. The lowest BCUT2D eigenvalue weighted by molar-refractivity contribution is -0.166. The first-order valence-corrected chi connectivity index (χ1v) is 22.9. The van der Waals surface area contributed by atoms with Crippen molar-refractivity contribution < 1.29 is 28.6 Å². The number of rotatable bonds is 39. The van der Waals surface area contributed by atoms with Crippen molar-refractivity contribution in [3.63, 3.8) is 0 Å². The van der Waals surface area contributed by atoms with Gasteiger partial charge >= 0.3 is 17.9 Å². The number of esters is 3. The van der Waals surface area contributed by atoms with Crippen LogP contribution in [0.2, 0.25) is 0 Å². The molecule has 58 heavy (non-hydrogen) atoms. The van der Waals surface area contributed by atoms with Gasteiger partial charge in [0.2, 0.25) is 0 Å². The summed E-state index contributed by atoms with van der Waals surface area (Å²) in [7, 11) is 0. The van der Waals surface area contributed by atoms with Crippen LogP contribution in [0.15, 0.2) is 109 Å². The Balaban J connectivity index is 4.58. The molecular weight excluding hydrogens is 721 g/mol. The maximum absolute atomic E-state index is 12.7. The Hall–Kier alpha value is -3.93. The highest BCUT2D eigenvalue weighted by molar-refractivity contribution is 5.71. The SMILES string of the molecule is CC/C=C\C/C=C\C/C=C\C/C=C\C/C=C\CCCC(=O)OCC(COC(=O)CCCCCCCCCCCC)OC(=O)CC/C=C\C/C=C\C/C=C\C/C=C\CC. The predicted octanol–water partition coefficient (Wildman–Crippen LogP) is 14.8. The van der Waals surface area contributed by atoms with Crippen LogP contribution < -0.4 is 0 Å². The number of unbranched alkanes of at least 4 members (excludes halogenated alkanes) is 10. The van der Waals surface area contributed by atoms with Gasteiger partial charge in [0.25, 0.3) is 0 Å². The highest BCUT2D eigenvalue weighted by atomic mass is 16.6. The Morgan fingerprint density at radius 1 is 0.362 bits per heavy atom. The number of ether oxygens (including phenoxy) is 3. The van der Waals surface area contributed by atoms with Gasteiger partial charge in [0.1, 0.15) is 13.2 Å². The van der Waals surface area contributed by atoms with Gasteiger partial charge in [-0.3, -0.25) is 14.4 Å². The monoisotopic (exact) mass is 803 g/mol. The van der Waals surface area contributed by atoms with Gasteiger partial charge in [-0.15, -0.1) is 0 Å². The molecular formula is C52H82O6. The highest BCUT2D eigenvalue weighted by Gasteiger charge is 2.19. The minimum Gasteiger partial charge on any atom is -0.462 e. The molecule has 0 bridgehead atoms. The Bertz CT molecular complexity index is 1240. The summed E-state index contributed by atoms with van der Waals surface area (Å²) in [6, 6.07) is 0. The van der Waals surface area contributed by atoms with Gasteiger partial charge in [0, 0.05) is 19.3 Å². The number of carbonyl (C=O) groups excluding carboxylic acids is 3. The van der Waals surface area contributed by atoms with E-state index < -0.39 is 12.1 Å². The smallest absolute Gasteiger partial charge is 0.306 e. The molecule has 0 aromatic heterocycles. The second kappa shape index (κ2) is 45.8. The molecule has 0 rings (SSSR count). The maximum atomic E-state index is 12.7. The summed E-state index contributed by atoms with van der Waals surface area (Å²) in [4.78, 5) is 37.7. The normalized spacial score (nSPS) is 13.1. The summed E-state index contributed by atoms with van der Waals surface area (Å²) >= 11 is 0. The average Bonchev–Trinajstić information content (AvgIpc) is 3.22. The predicted molar refractivity (Wildman–Crippen MR) is 247 cm³/mol. The van der Waals surface area contributed by atoms with Crippen molar-refractivity contribution in [1.82, 2.24) is 0 Å². The van der Waals surface area contributed by atoms with E-state index >= 15 is 0 Å². The fraction of sp³-hybridized carbons (Fsp3) is 0.596. The number of hydrogen-bond acceptors (Lipinski definition) is 6. The highest BCUT2D eigenvalue weighted by Crippen LogP contribution is 2.12. The fourth-order valence-electron chi connectivity index (χ4n) is 5.67. The van der Waals surface area contributed by atoms with E-state index in [2.05, 4.69) is 118 Å². The van der Waals surface area contributed by atoms with Gasteiger partial charge in [0.05, 0.1) is 0 Å². The molecule has 0 aromatic carbocycles. The molecule has 0 spiro atoms. The van der Waals surface area contributed by atoms with E-state index in [4.69, 9.17) is 14.2 Å². The Kier molecular flexibility index (Phi) is 42.7. The molecule has 1 atom stereocenters. The lowest BCUT2D eigenvalue weighted by atomic mass is 10.1. The van der Waals surface area contributed by atoms with E-state index in [0.29, 0.717) is 19.3 Å². The van der Waals surface area contributed by atoms with Crippen molar-refractivity contribution in [3.05, 3.63) is 109 Å². The third-order valence-corrected chi connectivity index (χ3v) is 9.04. The third kappa shape index (κ3) is 43.2. The van der Waals surface area contributed by atoms with Crippen LogP contribution in [0.5, 0.6) is 0 Å². The molecule has 1 unspecified atom stereocenters. The first-order chi connectivity index (χ1) is 28.5. The summed E-state index contributed by atoms with van der Waals surface area (Å²) < 4.78 is 16.6. The van der Waals surface area contributed by atoms with Crippen molar-refractivity contribution >= 4 is 17.9 Å². The van der Waals surface area contributed by atoms with Crippen LogP contribution >= 0.6 is 0 Å². The van der Waals surface area contributed by atoms with E-state index in [1.807, 2.05) is 12.2 Å². The zero-order valence-electron chi connectivity index (χ0n) is 37.0. The molecule has 326 valence electrons. The van der Waals surface area contributed by atoms with E-state index in [-0.39, 0.29) is 38.0 Å². The molecule has 0 amide bonds. The molecule has 0 radical (unpaired) electrons. The van der Waals surface area contributed by atoms with Crippen molar-refractivity contribution in [2.75, 3.05) is 13.2 Å². The van der Waals surface area contributed by atoms with Crippen LogP contribution in [0.3, 0.4) is 0 Å². The van der Waals surface area contributed by atoms with E-state index in [9.17, 15) is 14.4 Å². The number of carbonyl (C=O) groups is 3. The molecule has 0 saturated heterocycles. The van der Waals surface area contributed by atoms with Crippen LogP contribution in [0.4, 0.5) is 0 Å². The van der Waals surface area contributed by atoms with Crippen LogP contribution in [0.25, 0.3) is 0 Å². The number of allylic oxidation sites excluding steroid dienone is 18. The first kappa shape index (κ1) is 54.1. The van der Waals surface area contributed by atoms with Gasteiger partial charge in [-0.25, -0.2) is 0 Å². The maximum Gasteiger partial charge on any atom is 0.306 e.